The summed E-state index contributed by atoms with van der Waals surface area (Å²) in [6.45, 7) is 1.45. The summed E-state index contributed by atoms with van der Waals surface area (Å²) in [5, 5.41) is 5.53. The van der Waals surface area contributed by atoms with Crippen molar-refractivity contribution in [2.45, 2.75) is 6.54 Å². The molecule has 2 aromatic heterocycles. The number of urea groups is 1. The number of nitrogens with one attached hydrogen (secondary N) is 2. The Kier molecular flexibility index (Phi) is 4.09. The molecule has 7 heteroatoms. The minimum atomic E-state index is -0.552. The maximum absolute atomic E-state index is 11.8. The van der Waals surface area contributed by atoms with E-state index in [9.17, 15) is 9.59 Å². The van der Waals surface area contributed by atoms with Gasteiger partial charge in [-0.2, -0.15) is 0 Å². The van der Waals surface area contributed by atoms with E-state index in [0.717, 1.165) is 0 Å². The molecule has 0 saturated heterocycles. The average molecular weight is 261 g/mol. The molecular weight excluding hydrogens is 246 g/mol. The largest absolute Gasteiger partial charge is 0.352 e. The van der Waals surface area contributed by atoms with Crippen LogP contribution in [0.5, 0.6) is 0 Å². The molecular formula is C12H15N5O2. The van der Waals surface area contributed by atoms with Gasteiger partial charge in [0.05, 0.1) is 5.69 Å². The fourth-order valence-corrected chi connectivity index (χ4v) is 1.68. The van der Waals surface area contributed by atoms with E-state index in [-0.39, 0.29) is 5.56 Å². The number of rotatable bonds is 5. The minimum absolute atomic E-state index is 0.113. The molecule has 100 valence electrons. The molecule has 0 aromatic carbocycles. The Labute approximate surface area is 109 Å². The first-order chi connectivity index (χ1) is 9.16. The van der Waals surface area contributed by atoms with Crippen LogP contribution in [-0.2, 0) is 6.54 Å². The normalized spacial score (nSPS) is 10.5. The van der Waals surface area contributed by atoms with Gasteiger partial charge in [-0.05, 0) is 12.1 Å². The summed E-state index contributed by atoms with van der Waals surface area (Å²) in [6, 6.07) is 6.32. The van der Waals surface area contributed by atoms with Gasteiger partial charge >= 0.3 is 6.03 Å². The van der Waals surface area contributed by atoms with Gasteiger partial charge in [0.2, 0.25) is 0 Å². The molecule has 0 saturated carbocycles. The lowest BCUT2D eigenvalue weighted by Gasteiger charge is -2.06. The number of nitrogens with two attached hydrogens (primary N) is 1. The van der Waals surface area contributed by atoms with Gasteiger partial charge in [-0.3, -0.25) is 9.20 Å². The molecule has 0 aliphatic rings. The summed E-state index contributed by atoms with van der Waals surface area (Å²) in [6.07, 6.45) is 1.68. The number of primary amides is 1. The summed E-state index contributed by atoms with van der Waals surface area (Å²) in [5.41, 5.74) is 6.10. The standard InChI is InChI=1S/C12H15N5O2/c13-12(19)15-5-4-14-8-9-7-11(18)17-6-2-1-3-10(17)16-9/h1-3,6-7,14H,4-5,8H2,(H3,13,15,19). The van der Waals surface area contributed by atoms with Crippen LogP contribution in [0.25, 0.3) is 5.65 Å². The Morgan fingerprint density at radius 2 is 2.21 bits per heavy atom. The number of nitrogens with zero attached hydrogens (tertiary/aromatic N) is 2. The molecule has 0 spiro atoms. The molecule has 2 rings (SSSR count). The van der Waals surface area contributed by atoms with Crippen LogP contribution >= 0.6 is 0 Å². The van der Waals surface area contributed by atoms with Crippen molar-refractivity contribution in [3.05, 3.63) is 46.5 Å². The number of hydrogen-bond acceptors (Lipinski definition) is 4. The van der Waals surface area contributed by atoms with E-state index in [1.165, 1.54) is 10.5 Å². The maximum Gasteiger partial charge on any atom is 0.312 e. The summed E-state index contributed by atoms with van der Waals surface area (Å²) in [5.74, 6) is 0. The summed E-state index contributed by atoms with van der Waals surface area (Å²) in [7, 11) is 0. The number of carbonyl (C=O) groups excluding carboxylic acids is 1. The van der Waals surface area contributed by atoms with Gasteiger partial charge in [-0.15, -0.1) is 0 Å². The molecule has 0 aliphatic carbocycles. The zero-order valence-electron chi connectivity index (χ0n) is 10.3. The Morgan fingerprint density at radius 3 is 3.00 bits per heavy atom. The highest BCUT2D eigenvalue weighted by molar-refractivity contribution is 5.71. The molecule has 0 unspecified atom stereocenters. The highest BCUT2D eigenvalue weighted by Gasteiger charge is 2.01. The molecule has 2 amide bonds. The van der Waals surface area contributed by atoms with Crippen LogP contribution in [0.3, 0.4) is 0 Å². The number of carbonyl (C=O) groups is 1. The van der Waals surface area contributed by atoms with Gasteiger partial charge in [-0.25, -0.2) is 9.78 Å². The molecule has 0 fully saturated rings. The van der Waals surface area contributed by atoms with Crippen molar-refractivity contribution in [1.29, 1.82) is 0 Å². The third-order valence-corrected chi connectivity index (χ3v) is 2.53. The molecule has 19 heavy (non-hydrogen) atoms. The Balaban J connectivity index is 1.98. The number of fused-ring (bicyclic) bond motifs is 1. The highest BCUT2D eigenvalue weighted by Crippen LogP contribution is 1.98. The van der Waals surface area contributed by atoms with Gasteiger partial charge < -0.3 is 16.4 Å². The predicted molar refractivity (Wildman–Crippen MR) is 70.8 cm³/mol. The molecule has 0 atom stereocenters. The van der Waals surface area contributed by atoms with Crippen molar-refractivity contribution in [3.8, 4) is 0 Å². The van der Waals surface area contributed by atoms with E-state index in [1.807, 2.05) is 6.07 Å². The first-order valence-electron chi connectivity index (χ1n) is 5.88. The smallest absolute Gasteiger partial charge is 0.312 e. The lowest BCUT2D eigenvalue weighted by atomic mass is 10.3. The van der Waals surface area contributed by atoms with Crippen molar-refractivity contribution in [2.24, 2.45) is 5.73 Å². The van der Waals surface area contributed by atoms with Crippen LogP contribution in [0.4, 0.5) is 4.79 Å². The van der Waals surface area contributed by atoms with Gasteiger partial charge in [0.15, 0.2) is 0 Å². The Bertz CT molecular complexity index is 637. The number of aromatic nitrogens is 2. The van der Waals surface area contributed by atoms with Crippen LogP contribution in [-0.4, -0.2) is 28.5 Å². The molecule has 2 aromatic rings. The Morgan fingerprint density at radius 1 is 1.37 bits per heavy atom. The van der Waals surface area contributed by atoms with Crippen LogP contribution in [0, 0.1) is 0 Å². The minimum Gasteiger partial charge on any atom is -0.352 e. The summed E-state index contributed by atoms with van der Waals surface area (Å²) in [4.78, 5) is 26.6. The van der Waals surface area contributed by atoms with E-state index in [0.29, 0.717) is 31.0 Å². The van der Waals surface area contributed by atoms with Crippen molar-refractivity contribution < 1.29 is 4.79 Å². The van der Waals surface area contributed by atoms with E-state index in [4.69, 9.17) is 5.73 Å². The number of hydrogen-bond donors (Lipinski definition) is 3. The molecule has 0 bridgehead atoms. The number of amides is 2. The van der Waals surface area contributed by atoms with Gasteiger partial charge in [0.25, 0.3) is 5.56 Å². The molecule has 4 N–H and O–H groups in total. The first kappa shape index (κ1) is 13.0. The van der Waals surface area contributed by atoms with Crippen molar-refractivity contribution in [2.75, 3.05) is 13.1 Å². The maximum atomic E-state index is 11.8. The molecule has 2 heterocycles. The monoisotopic (exact) mass is 261 g/mol. The van der Waals surface area contributed by atoms with Gasteiger partial charge in [0.1, 0.15) is 5.65 Å². The van der Waals surface area contributed by atoms with Crippen molar-refractivity contribution >= 4 is 11.7 Å². The van der Waals surface area contributed by atoms with E-state index in [1.54, 1.807) is 18.3 Å². The van der Waals surface area contributed by atoms with Crippen LogP contribution in [0.15, 0.2) is 35.3 Å². The average Bonchev–Trinajstić information content (AvgIpc) is 2.38. The third-order valence-electron chi connectivity index (χ3n) is 2.53. The topological polar surface area (TPSA) is 102 Å². The molecule has 7 nitrogen and oxygen atoms in total. The SMILES string of the molecule is NC(=O)NCCNCc1cc(=O)n2ccccc2n1. The molecule has 0 radical (unpaired) electrons. The zero-order valence-corrected chi connectivity index (χ0v) is 10.3. The van der Waals surface area contributed by atoms with Crippen molar-refractivity contribution in [1.82, 2.24) is 20.0 Å². The summed E-state index contributed by atoms with van der Waals surface area (Å²) < 4.78 is 1.48. The van der Waals surface area contributed by atoms with Gasteiger partial charge in [0, 0.05) is 31.9 Å². The van der Waals surface area contributed by atoms with E-state index >= 15 is 0 Å². The molecule has 0 aliphatic heterocycles. The zero-order chi connectivity index (χ0) is 13.7. The van der Waals surface area contributed by atoms with Crippen LogP contribution < -0.4 is 21.9 Å². The first-order valence-corrected chi connectivity index (χ1v) is 5.88. The third kappa shape index (κ3) is 3.52. The highest BCUT2D eigenvalue weighted by atomic mass is 16.2. The quantitative estimate of drug-likeness (QED) is 0.629. The second kappa shape index (κ2) is 5.96. The van der Waals surface area contributed by atoms with E-state index in [2.05, 4.69) is 15.6 Å². The second-order valence-corrected chi connectivity index (χ2v) is 3.98. The fraction of sp³-hybridized carbons (Fsp3) is 0.250. The van der Waals surface area contributed by atoms with Crippen LogP contribution in [0.2, 0.25) is 0 Å². The number of pyridine rings is 1. The lowest BCUT2D eigenvalue weighted by molar-refractivity contribution is 0.249. The van der Waals surface area contributed by atoms with E-state index < -0.39 is 6.03 Å². The van der Waals surface area contributed by atoms with Crippen molar-refractivity contribution in [3.63, 3.8) is 0 Å². The van der Waals surface area contributed by atoms with Crippen LogP contribution in [0.1, 0.15) is 5.69 Å². The van der Waals surface area contributed by atoms with Gasteiger partial charge in [-0.1, -0.05) is 6.07 Å². The lowest BCUT2D eigenvalue weighted by Crippen LogP contribution is -2.35. The second-order valence-electron chi connectivity index (χ2n) is 3.98. The predicted octanol–water partition coefficient (Wildman–Crippen LogP) is -0.548. The Hall–Kier alpha value is -2.41. The fourth-order valence-electron chi connectivity index (χ4n) is 1.68. The summed E-state index contributed by atoms with van der Waals surface area (Å²) >= 11 is 0.